The normalized spacial score (nSPS) is 19.2. The zero-order chi connectivity index (χ0) is 13.8. The van der Waals surface area contributed by atoms with Gasteiger partial charge in [0.15, 0.2) is 0 Å². The van der Waals surface area contributed by atoms with Crippen LogP contribution in [0.3, 0.4) is 0 Å². The van der Waals surface area contributed by atoms with Crippen LogP contribution in [-0.4, -0.2) is 29.6 Å². The number of rotatable bonds is 3. The largest absolute Gasteiger partial charge is 0.387 e. The number of aliphatic hydroxyl groups is 1. The van der Waals surface area contributed by atoms with Gasteiger partial charge >= 0.3 is 0 Å². The van der Waals surface area contributed by atoms with E-state index in [1.165, 1.54) is 42.4 Å². The van der Waals surface area contributed by atoms with E-state index in [4.69, 9.17) is 0 Å². The minimum atomic E-state index is -0.348. The molecule has 0 radical (unpaired) electrons. The number of hydrogen-bond donors (Lipinski definition) is 1. The molecule has 0 aliphatic carbocycles. The van der Waals surface area contributed by atoms with Gasteiger partial charge in [-0.3, -0.25) is 0 Å². The van der Waals surface area contributed by atoms with Gasteiger partial charge in [0.05, 0.1) is 6.10 Å². The molecule has 1 aromatic rings. The lowest BCUT2D eigenvalue weighted by atomic mass is 9.95. The van der Waals surface area contributed by atoms with Crippen molar-refractivity contribution in [1.29, 1.82) is 0 Å². The average molecular weight is 261 g/mol. The van der Waals surface area contributed by atoms with E-state index >= 15 is 0 Å². The molecule has 0 saturated carbocycles. The molecule has 0 amide bonds. The van der Waals surface area contributed by atoms with Crippen LogP contribution in [0, 0.1) is 20.8 Å². The highest BCUT2D eigenvalue weighted by Gasteiger charge is 2.18. The van der Waals surface area contributed by atoms with E-state index in [1.54, 1.807) is 0 Å². The number of nitrogens with zero attached hydrogens (tertiary/aromatic N) is 1. The lowest BCUT2D eigenvalue weighted by Crippen LogP contribution is -2.30. The molecule has 1 aliphatic heterocycles. The van der Waals surface area contributed by atoms with E-state index in [2.05, 4.69) is 37.8 Å². The molecule has 0 spiro atoms. The fourth-order valence-corrected chi connectivity index (χ4v) is 3.37. The number of aryl methyl sites for hydroxylation is 3. The van der Waals surface area contributed by atoms with Crippen LogP contribution in [0.15, 0.2) is 12.1 Å². The quantitative estimate of drug-likeness (QED) is 0.900. The van der Waals surface area contributed by atoms with Crippen molar-refractivity contribution in [2.45, 2.75) is 52.6 Å². The van der Waals surface area contributed by atoms with E-state index in [1.807, 2.05) is 0 Å². The maximum absolute atomic E-state index is 10.6. The number of hydrogen-bond acceptors (Lipinski definition) is 2. The van der Waals surface area contributed by atoms with Crippen molar-refractivity contribution in [1.82, 2.24) is 4.90 Å². The van der Waals surface area contributed by atoms with Gasteiger partial charge in [-0.2, -0.15) is 0 Å². The first-order valence-electron chi connectivity index (χ1n) is 7.56. The second-order valence-corrected chi connectivity index (χ2v) is 6.04. The number of aliphatic hydroxyl groups excluding tert-OH is 1. The first-order valence-corrected chi connectivity index (χ1v) is 7.56. The fourth-order valence-electron chi connectivity index (χ4n) is 3.37. The van der Waals surface area contributed by atoms with Gasteiger partial charge in [-0.1, -0.05) is 30.5 Å². The highest BCUT2D eigenvalue weighted by atomic mass is 16.3. The molecule has 1 aliphatic rings. The third-order valence-corrected chi connectivity index (χ3v) is 4.20. The smallest absolute Gasteiger partial charge is 0.0922 e. The Kier molecular flexibility index (Phi) is 5.00. The zero-order valence-corrected chi connectivity index (χ0v) is 12.6. The Labute approximate surface area is 117 Å². The summed E-state index contributed by atoms with van der Waals surface area (Å²) in [4.78, 5) is 2.43. The van der Waals surface area contributed by atoms with Crippen molar-refractivity contribution in [2.24, 2.45) is 0 Å². The lowest BCUT2D eigenvalue weighted by Gasteiger charge is -2.25. The van der Waals surface area contributed by atoms with Crippen molar-refractivity contribution in [3.05, 3.63) is 34.4 Å². The highest BCUT2D eigenvalue weighted by molar-refractivity contribution is 5.39. The van der Waals surface area contributed by atoms with Crippen molar-refractivity contribution >= 4 is 0 Å². The minimum Gasteiger partial charge on any atom is -0.387 e. The molecule has 1 aromatic carbocycles. The maximum Gasteiger partial charge on any atom is 0.0922 e. The predicted molar refractivity (Wildman–Crippen MR) is 80.5 cm³/mol. The standard InChI is InChI=1S/C17H27NO/c1-13-10-14(2)17(15(3)11-13)16(19)12-18-8-6-4-5-7-9-18/h10-11,16,19H,4-9,12H2,1-3H3. The summed E-state index contributed by atoms with van der Waals surface area (Å²) < 4.78 is 0. The molecule has 2 heteroatoms. The SMILES string of the molecule is Cc1cc(C)c(C(O)CN2CCCCCC2)c(C)c1. The Morgan fingerprint density at radius 3 is 2.05 bits per heavy atom. The number of benzene rings is 1. The first-order chi connectivity index (χ1) is 9.08. The third-order valence-electron chi connectivity index (χ3n) is 4.20. The molecule has 106 valence electrons. The van der Waals surface area contributed by atoms with Gasteiger partial charge < -0.3 is 10.0 Å². The molecular formula is C17H27NO. The minimum absolute atomic E-state index is 0.348. The van der Waals surface area contributed by atoms with Crippen molar-refractivity contribution in [2.75, 3.05) is 19.6 Å². The van der Waals surface area contributed by atoms with Gasteiger partial charge in [-0.15, -0.1) is 0 Å². The van der Waals surface area contributed by atoms with E-state index in [0.29, 0.717) is 0 Å². The number of likely N-dealkylation sites (tertiary alicyclic amines) is 1. The van der Waals surface area contributed by atoms with E-state index in [-0.39, 0.29) is 6.10 Å². The number of β-amino-alcohol motifs (C(OH)–C–C–N with tert-alkyl or cyclic N) is 1. The van der Waals surface area contributed by atoms with Crippen LogP contribution < -0.4 is 0 Å². The summed E-state index contributed by atoms with van der Waals surface area (Å²) >= 11 is 0. The van der Waals surface area contributed by atoms with Crippen molar-refractivity contribution in [3.63, 3.8) is 0 Å². The Hall–Kier alpha value is -0.860. The summed E-state index contributed by atoms with van der Waals surface area (Å²) in [6, 6.07) is 4.35. The Morgan fingerprint density at radius 2 is 1.53 bits per heavy atom. The zero-order valence-electron chi connectivity index (χ0n) is 12.6. The molecule has 1 atom stereocenters. The van der Waals surface area contributed by atoms with Crippen LogP contribution in [0.2, 0.25) is 0 Å². The average Bonchev–Trinajstić information content (AvgIpc) is 2.56. The molecule has 1 fully saturated rings. The van der Waals surface area contributed by atoms with Gasteiger partial charge in [0, 0.05) is 6.54 Å². The molecule has 1 heterocycles. The van der Waals surface area contributed by atoms with Gasteiger partial charge in [0.2, 0.25) is 0 Å². The molecule has 0 bridgehead atoms. The molecular weight excluding hydrogens is 234 g/mol. The summed E-state index contributed by atoms with van der Waals surface area (Å²) in [5, 5.41) is 10.6. The van der Waals surface area contributed by atoms with Crippen LogP contribution in [0.1, 0.15) is 54.0 Å². The first kappa shape index (κ1) is 14.5. The second-order valence-electron chi connectivity index (χ2n) is 6.04. The lowest BCUT2D eigenvalue weighted by molar-refractivity contribution is 0.114. The van der Waals surface area contributed by atoms with Crippen molar-refractivity contribution in [3.8, 4) is 0 Å². The highest BCUT2D eigenvalue weighted by Crippen LogP contribution is 2.25. The molecule has 1 N–H and O–H groups in total. The summed E-state index contributed by atoms with van der Waals surface area (Å²) in [6.07, 6.45) is 4.89. The van der Waals surface area contributed by atoms with Crippen LogP contribution in [-0.2, 0) is 0 Å². The van der Waals surface area contributed by atoms with E-state index in [9.17, 15) is 5.11 Å². The molecule has 1 saturated heterocycles. The molecule has 0 aromatic heterocycles. The molecule has 2 nitrogen and oxygen atoms in total. The summed E-state index contributed by atoms with van der Waals surface area (Å²) in [5.41, 5.74) is 4.86. The third kappa shape index (κ3) is 3.80. The van der Waals surface area contributed by atoms with Crippen LogP contribution >= 0.6 is 0 Å². The van der Waals surface area contributed by atoms with Crippen LogP contribution in [0.25, 0.3) is 0 Å². The molecule has 1 unspecified atom stereocenters. The Morgan fingerprint density at radius 1 is 1.00 bits per heavy atom. The van der Waals surface area contributed by atoms with E-state index < -0.39 is 0 Å². The molecule has 2 rings (SSSR count). The Bertz CT molecular complexity index is 396. The summed E-state index contributed by atoms with van der Waals surface area (Å²) in [6.45, 7) is 9.40. The van der Waals surface area contributed by atoms with Gasteiger partial charge in [0.1, 0.15) is 0 Å². The second kappa shape index (κ2) is 6.53. The van der Waals surface area contributed by atoms with Crippen molar-refractivity contribution < 1.29 is 5.11 Å². The van der Waals surface area contributed by atoms with Crippen LogP contribution in [0.4, 0.5) is 0 Å². The van der Waals surface area contributed by atoms with E-state index in [0.717, 1.165) is 25.2 Å². The topological polar surface area (TPSA) is 23.5 Å². The summed E-state index contributed by atoms with van der Waals surface area (Å²) in [5.74, 6) is 0. The van der Waals surface area contributed by atoms with Crippen LogP contribution in [0.5, 0.6) is 0 Å². The van der Waals surface area contributed by atoms with Gasteiger partial charge in [0.25, 0.3) is 0 Å². The Balaban J connectivity index is 2.08. The summed E-state index contributed by atoms with van der Waals surface area (Å²) in [7, 11) is 0. The monoisotopic (exact) mass is 261 g/mol. The fraction of sp³-hybridized carbons (Fsp3) is 0.647. The maximum atomic E-state index is 10.6. The molecule has 19 heavy (non-hydrogen) atoms. The predicted octanol–water partition coefficient (Wildman–Crippen LogP) is 3.52. The van der Waals surface area contributed by atoms with Gasteiger partial charge in [-0.25, -0.2) is 0 Å². The van der Waals surface area contributed by atoms with Gasteiger partial charge in [-0.05, 0) is 63.4 Å².